The molecule has 1 N–H and O–H groups in total. The first-order chi connectivity index (χ1) is 16.1. The molecule has 0 aromatic carbocycles. The second-order valence-corrected chi connectivity index (χ2v) is 9.25. The summed E-state index contributed by atoms with van der Waals surface area (Å²) in [7, 11) is 0. The molecule has 1 atom stereocenters. The summed E-state index contributed by atoms with van der Waals surface area (Å²) in [5.74, 6) is 1.13. The number of hydrogen-bond acceptors (Lipinski definition) is 5. The molecule has 0 aliphatic carbocycles. The van der Waals surface area contributed by atoms with Crippen LogP contribution in [0.2, 0.25) is 0 Å². The Labute approximate surface area is 195 Å². The molecule has 5 rings (SSSR count). The van der Waals surface area contributed by atoms with Crippen molar-refractivity contribution in [2.75, 3.05) is 24.6 Å². The minimum atomic E-state index is 0.0120. The fourth-order valence-electron chi connectivity index (χ4n) is 5.40. The molecule has 3 aliphatic rings. The Hall–Kier alpha value is -2.87. The van der Waals surface area contributed by atoms with Gasteiger partial charge in [-0.05, 0) is 50.2 Å². The second kappa shape index (κ2) is 9.17. The van der Waals surface area contributed by atoms with Gasteiger partial charge in [0.05, 0.1) is 18.4 Å². The fraction of sp³-hybridized carbons (Fsp3) is 0.560. The van der Waals surface area contributed by atoms with Gasteiger partial charge in [0.1, 0.15) is 0 Å². The number of fused-ring (bicyclic) bond motifs is 1. The van der Waals surface area contributed by atoms with Crippen LogP contribution in [0.15, 0.2) is 29.7 Å². The number of allylic oxidation sites excluding steroid dienone is 4. The fourth-order valence-corrected chi connectivity index (χ4v) is 5.40. The van der Waals surface area contributed by atoms with Crippen LogP contribution in [0.25, 0.3) is 5.57 Å². The maximum Gasteiger partial charge on any atom is 0.219 e. The zero-order chi connectivity index (χ0) is 22.9. The van der Waals surface area contributed by atoms with Gasteiger partial charge < -0.3 is 14.5 Å². The maximum atomic E-state index is 12.2. The topological polar surface area (TPSA) is 79.3 Å². The number of amides is 1. The highest BCUT2D eigenvalue weighted by Crippen LogP contribution is 2.38. The number of aromatic nitrogens is 4. The van der Waals surface area contributed by atoms with Crippen LogP contribution in [0.4, 0.5) is 5.82 Å². The summed E-state index contributed by atoms with van der Waals surface area (Å²) >= 11 is 0. The zero-order valence-corrected chi connectivity index (χ0v) is 19.9. The summed E-state index contributed by atoms with van der Waals surface area (Å²) in [6, 6.07) is 0. The Kier molecular flexibility index (Phi) is 6.10. The van der Waals surface area contributed by atoms with Crippen LogP contribution in [0.3, 0.4) is 0 Å². The van der Waals surface area contributed by atoms with Crippen molar-refractivity contribution < 1.29 is 9.53 Å². The van der Waals surface area contributed by atoms with Crippen LogP contribution in [-0.2, 0) is 22.5 Å². The molecule has 8 nitrogen and oxygen atoms in total. The van der Waals surface area contributed by atoms with Gasteiger partial charge in [-0.3, -0.25) is 9.89 Å². The van der Waals surface area contributed by atoms with E-state index in [-0.39, 0.29) is 12.1 Å². The second-order valence-electron chi connectivity index (χ2n) is 9.25. The number of carbonyl (C=O) groups excluding carboxylic acids is 1. The monoisotopic (exact) mass is 450 g/mol. The number of hydrogen-bond donors (Lipinski definition) is 1. The summed E-state index contributed by atoms with van der Waals surface area (Å²) in [6.07, 6.45) is 12.1. The number of rotatable bonds is 5. The standard InChI is InChI=1S/C25H34N6O2/c1-4-22-19(13-17(2)20-14-26-27-15-20)7-5-10-30(22)25-21-16-29(18(3)32)11-9-23(21)31(28-25)24-8-6-12-33-24/h13-15,24H,4-12,16H2,1-3H3,(H,26,27)/b17-13+. The molecule has 1 unspecified atom stereocenters. The lowest BCUT2D eigenvalue weighted by Crippen LogP contribution is -2.36. The molecule has 0 radical (unpaired) electrons. The molecule has 1 fully saturated rings. The summed E-state index contributed by atoms with van der Waals surface area (Å²) in [6.45, 7) is 9.13. The first kappa shape index (κ1) is 21.9. The van der Waals surface area contributed by atoms with Gasteiger partial charge in [0.2, 0.25) is 5.91 Å². The summed E-state index contributed by atoms with van der Waals surface area (Å²) in [5, 5.41) is 12.2. The number of carbonyl (C=O) groups is 1. The van der Waals surface area contributed by atoms with E-state index in [1.54, 1.807) is 6.92 Å². The molecular formula is C25H34N6O2. The molecule has 2 aromatic heterocycles. The number of anilines is 1. The van der Waals surface area contributed by atoms with Gasteiger partial charge in [-0.2, -0.15) is 10.2 Å². The average Bonchev–Trinajstić information content (AvgIpc) is 3.59. The predicted octanol–water partition coefficient (Wildman–Crippen LogP) is 4.19. The van der Waals surface area contributed by atoms with E-state index >= 15 is 0 Å². The van der Waals surface area contributed by atoms with Crippen LogP contribution < -0.4 is 4.90 Å². The van der Waals surface area contributed by atoms with Crippen molar-refractivity contribution in [3.8, 4) is 0 Å². The van der Waals surface area contributed by atoms with Crippen LogP contribution in [0, 0.1) is 0 Å². The maximum absolute atomic E-state index is 12.2. The highest BCUT2D eigenvalue weighted by Gasteiger charge is 2.34. The largest absolute Gasteiger partial charge is 0.357 e. The minimum Gasteiger partial charge on any atom is -0.357 e. The minimum absolute atomic E-state index is 0.0120. The molecule has 1 amide bonds. The molecule has 5 heterocycles. The first-order valence-electron chi connectivity index (χ1n) is 12.2. The molecule has 33 heavy (non-hydrogen) atoms. The molecule has 0 spiro atoms. The number of nitrogens with zero attached hydrogens (tertiary/aromatic N) is 5. The Bertz CT molecular complexity index is 1070. The summed E-state index contributed by atoms with van der Waals surface area (Å²) in [5.41, 5.74) is 7.44. The summed E-state index contributed by atoms with van der Waals surface area (Å²) in [4.78, 5) is 16.6. The number of aromatic amines is 1. The van der Waals surface area contributed by atoms with Gasteiger partial charge in [0.15, 0.2) is 12.0 Å². The molecule has 0 saturated carbocycles. The predicted molar refractivity (Wildman–Crippen MR) is 127 cm³/mol. The van der Waals surface area contributed by atoms with Crippen molar-refractivity contribution in [1.29, 1.82) is 0 Å². The third-order valence-corrected chi connectivity index (χ3v) is 7.15. The van der Waals surface area contributed by atoms with E-state index in [0.717, 1.165) is 69.6 Å². The molecule has 176 valence electrons. The van der Waals surface area contributed by atoms with Gasteiger partial charge in [-0.15, -0.1) is 0 Å². The van der Waals surface area contributed by atoms with Crippen LogP contribution in [0.5, 0.6) is 0 Å². The highest BCUT2D eigenvalue weighted by molar-refractivity contribution is 5.74. The van der Waals surface area contributed by atoms with E-state index in [9.17, 15) is 4.79 Å². The van der Waals surface area contributed by atoms with Gasteiger partial charge >= 0.3 is 0 Å². The van der Waals surface area contributed by atoms with E-state index in [2.05, 4.69) is 39.7 Å². The highest BCUT2D eigenvalue weighted by atomic mass is 16.5. The van der Waals surface area contributed by atoms with Crippen LogP contribution in [0.1, 0.15) is 75.9 Å². The third kappa shape index (κ3) is 4.12. The van der Waals surface area contributed by atoms with E-state index in [1.165, 1.54) is 28.1 Å². The Morgan fingerprint density at radius 1 is 1.27 bits per heavy atom. The van der Waals surface area contributed by atoms with Crippen LogP contribution >= 0.6 is 0 Å². The van der Waals surface area contributed by atoms with Crippen LogP contribution in [-0.4, -0.2) is 50.5 Å². The lowest BCUT2D eigenvalue weighted by Gasteiger charge is -2.34. The zero-order valence-electron chi connectivity index (χ0n) is 19.9. The van der Waals surface area contributed by atoms with Crippen molar-refractivity contribution in [3.05, 3.63) is 46.6 Å². The first-order valence-corrected chi connectivity index (χ1v) is 12.2. The molecule has 3 aliphatic heterocycles. The van der Waals surface area contributed by atoms with Crippen molar-refractivity contribution in [1.82, 2.24) is 24.9 Å². The summed E-state index contributed by atoms with van der Waals surface area (Å²) < 4.78 is 8.15. The third-order valence-electron chi connectivity index (χ3n) is 7.15. The van der Waals surface area contributed by atoms with E-state index in [4.69, 9.17) is 9.84 Å². The Balaban J connectivity index is 1.57. The molecule has 8 heteroatoms. The number of ether oxygens (including phenoxy) is 1. The van der Waals surface area contributed by atoms with Gasteiger partial charge in [0.25, 0.3) is 0 Å². The Morgan fingerprint density at radius 2 is 2.15 bits per heavy atom. The van der Waals surface area contributed by atoms with Crippen molar-refractivity contribution in [2.24, 2.45) is 0 Å². The smallest absolute Gasteiger partial charge is 0.219 e. The average molecular weight is 451 g/mol. The lowest BCUT2D eigenvalue weighted by molar-refractivity contribution is -0.129. The number of nitrogens with one attached hydrogen (secondary N) is 1. The van der Waals surface area contributed by atoms with Gasteiger partial charge in [-0.25, -0.2) is 4.68 Å². The quantitative estimate of drug-likeness (QED) is 0.739. The molecule has 0 bridgehead atoms. The SMILES string of the molecule is CCC1=C(/C=C(\C)c2cn[nH]c2)CCCN1c1nn(C2CCCO2)c2c1CN(C(C)=O)CC2. The van der Waals surface area contributed by atoms with Gasteiger partial charge in [-0.1, -0.05) is 13.0 Å². The molecule has 1 saturated heterocycles. The normalized spacial score (nSPS) is 21.7. The molecule has 2 aromatic rings. The Morgan fingerprint density at radius 3 is 2.85 bits per heavy atom. The van der Waals surface area contributed by atoms with Gasteiger partial charge in [0, 0.05) is 56.1 Å². The lowest BCUT2D eigenvalue weighted by atomic mass is 9.96. The van der Waals surface area contributed by atoms with Crippen molar-refractivity contribution >= 4 is 17.3 Å². The van der Waals surface area contributed by atoms with E-state index < -0.39 is 0 Å². The van der Waals surface area contributed by atoms with E-state index in [1.807, 2.05) is 17.3 Å². The number of H-pyrrole nitrogens is 1. The molecular weight excluding hydrogens is 416 g/mol. The van der Waals surface area contributed by atoms with Crippen molar-refractivity contribution in [3.63, 3.8) is 0 Å². The van der Waals surface area contributed by atoms with Crippen molar-refractivity contribution in [2.45, 2.75) is 72.1 Å². The van der Waals surface area contributed by atoms with E-state index in [0.29, 0.717) is 6.54 Å².